The molecule has 4 rings (SSSR count). The van der Waals surface area contributed by atoms with Crippen molar-refractivity contribution in [2.75, 3.05) is 0 Å². The molecule has 1 aliphatic rings. The molecular formula is C18H9F2NO2. The summed E-state index contributed by atoms with van der Waals surface area (Å²) >= 11 is 0. The van der Waals surface area contributed by atoms with E-state index < -0.39 is 23.4 Å². The summed E-state index contributed by atoms with van der Waals surface area (Å²) in [5.41, 5.74) is 1.80. The molecule has 0 fully saturated rings. The van der Waals surface area contributed by atoms with Gasteiger partial charge in [0.05, 0.1) is 0 Å². The summed E-state index contributed by atoms with van der Waals surface area (Å²) in [6.07, 6.45) is 0. The molecule has 23 heavy (non-hydrogen) atoms. The van der Waals surface area contributed by atoms with Gasteiger partial charge in [-0.05, 0) is 46.8 Å². The Morgan fingerprint density at radius 1 is 0.739 bits per heavy atom. The highest BCUT2D eigenvalue weighted by Crippen LogP contribution is 2.32. The fourth-order valence-corrected chi connectivity index (χ4v) is 2.88. The zero-order valence-corrected chi connectivity index (χ0v) is 11.7. The van der Waals surface area contributed by atoms with Crippen LogP contribution in [0.3, 0.4) is 0 Å². The van der Waals surface area contributed by atoms with Crippen LogP contribution in [0.25, 0.3) is 21.9 Å². The van der Waals surface area contributed by atoms with Crippen LogP contribution in [0.1, 0.15) is 20.7 Å². The van der Waals surface area contributed by atoms with Gasteiger partial charge in [0.1, 0.15) is 0 Å². The van der Waals surface area contributed by atoms with Gasteiger partial charge in [0.15, 0.2) is 11.6 Å². The number of halogens is 2. The number of nitrogens with one attached hydrogen (secondary N) is 1. The Labute approximate surface area is 129 Å². The molecule has 112 valence electrons. The molecule has 0 aromatic heterocycles. The number of amides is 2. The predicted octanol–water partition coefficient (Wildman–Crippen LogP) is 3.67. The normalized spacial score (nSPS) is 13.3. The van der Waals surface area contributed by atoms with E-state index in [1.165, 1.54) is 6.07 Å². The third kappa shape index (κ3) is 2.01. The second-order valence-electron chi connectivity index (χ2n) is 5.34. The second kappa shape index (κ2) is 4.71. The van der Waals surface area contributed by atoms with Crippen LogP contribution in [0.4, 0.5) is 8.78 Å². The van der Waals surface area contributed by atoms with Crippen molar-refractivity contribution in [1.29, 1.82) is 0 Å². The van der Waals surface area contributed by atoms with E-state index in [-0.39, 0.29) is 0 Å². The minimum Gasteiger partial charge on any atom is -0.288 e. The van der Waals surface area contributed by atoms with E-state index in [0.717, 1.165) is 12.1 Å². The van der Waals surface area contributed by atoms with Gasteiger partial charge in [-0.15, -0.1) is 0 Å². The van der Waals surface area contributed by atoms with Gasteiger partial charge >= 0.3 is 0 Å². The molecule has 1 aliphatic heterocycles. The highest BCUT2D eigenvalue weighted by Gasteiger charge is 2.25. The van der Waals surface area contributed by atoms with Gasteiger partial charge in [0, 0.05) is 16.5 Å². The quantitative estimate of drug-likeness (QED) is 0.697. The Morgan fingerprint density at radius 2 is 1.52 bits per heavy atom. The second-order valence-corrected chi connectivity index (χ2v) is 5.34. The highest BCUT2D eigenvalue weighted by atomic mass is 19.2. The maximum absolute atomic E-state index is 13.5. The van der Waals surface area contributed by atoms with E-state index in [9.17, 15) is 18.4 Å². The Morgan fingerprint density at radius 3 is 2.30 bits per heavy atom. The van der Waals surface area contributed by atoms with Crippen LogP contribution in [0, 0.1) is 11.6 Å². The minimum absolute atomic E-state index is 0.345. The van der Waals surface area contributed by atoms with Crippen molar-refractivity contribution >= 4 is 22.6 Å². The summed E-state index contributed by atoms with van der Waals surface area (Å²) in [5, 5.41) is 3.56. The van der Waals surface area contributed by atoms with Gasteiger partial charge in [-0.3, -0.25) is 14.9 Å². The van der Waals surface area contributed by atoms with Gasteiger partial charge in [0.2, 0.25) is 0 Å². The SMILES string of the molecule is O=C1NC(=O)c2cc(-c3ccc(F)c(F)c3)cc3cccc1c23. The monoisotopic (exact) mass is 309 g/mol. The largest absolute Gasteiger partial charge is 0.288 e. The predicted molar refractivity (Wildman–Crippen MR) is 81.1 cm³/mol. The molecule has 1 heterocycles. The lowest BCUT2D eigenvalue weighted by molar-refractivity contribution is 0.0845. The lowest BCUT2D eigenvalue weighted by Crippen LogP contribution is -2.34. The van der Waals surface area contributed by atoms with E-state index in [1.807, 2.05) is 0 Å². The number of carbonyl (C=O) groups is 2. The van der Waals surface area contributed by atoms with Crippen molar-refractivity contribution in [3.8, 4) is 11.1 Å². The highest BCUT2D eigenvalue weighted by molar-refractivity contribution is 6.26. The third-order valence-electron chi connectivity index (χ3n) is 3.95. The van der Waals surface area contributed by atoms with Crippen molar-refractivity contribution in [2.45, 2.75) is 0 Å². The molecule has 5 heteroatoms. The number of imide groups is 1. The minimum atomic E-state index is -0.954. The fraction of sp³-hybridized carbons (Fsp3) is 0. The van der Waals surface area contributed by atoms with Crippen molar-refractivity contribution < 1.29 is 18.4 Å². The Bertz CT molecular complexity index is 1010. The molecule has 0 atom stereocenters. The van der Waals surface area contributed by atoms with Crippen molar-refractivity contribution in [1.82, 2.24) is 5.32 Å². The van der Waals surface area contributed by atoms with Crippen LogP contribution < -0.4 is 5.32 Å². The molecule has 0 unspecified atom stereocenters. The summed E-state index contributed by atoms with van der Waals surface area (Å²) in [7, 11) is 0. The molecule has 2 amide bonds. The molecule has 0 spiro atoms. The summed E-state index contributed by atoms with van der Waals surface area (Å²) in [5.74, 6) is -2.82. The van der Waals surface area contributed by atoms with Crippen LogP contribution in [0.2, 0.25) is 0 Å². The number of benzene rings is 3. The lowest BCUT2D eigenvalue weighted by atomic mass is 9.91. The topological polar surface area (TPSA) is 46.2 Å². The molecule has 0 aliphatic carbocycles. The molecule has 0 radical (unpaired) electrons. The smallest absolute Gasteiger partial charge is 0.258 e. The number of rotatable bonds is 1. The van der Waals surface area contributed by atoms with Crippen molar-refractivity contribution in [3.63, 3.8) is 0 Å². The zero-order chi connectivity index (χ0) is 16.1. The molecule has 0 bridgehead atoms. The summed E-state index contributed by atoms with van der Waals surface area (Å²) in [6.45, 7) is 0. The Kier molecular flexibility index (Phi) is 2.78. The first-order valence-electron chi connectivity index (χ1n) is 6.92. The van der Waals surface area contributed by atoms with Gasteiger partial charge in [-0.25, -0.2) is 8.78 Å². The lowest BCUT2D eigenvalue weighted by Gasteiger charge is -2.18. The first-order valence-corrected chi connectivity index (χ1v) is 6.92. The summed E-state index contributed by atoms with van der Waals surface area (Å²) in [6, 6.07) is 12.0. The Hall–Kier alpha value is -3.08. The first-order chi connectivity index (χ1) is 11.0. The molecule has 3 nitrogen and oxygen atoms in total. The van der Waals surface area contributed by atoms with Crippen LogP contribution >= 0.6 is 0 Å². The molecule has 0 saturated heterocycles. The van der Waals surface area contributed by atoms with E-state index in [4.69, 9.17) is 0 Å². The number of carbonyl (C=O) groups excluding carboxylic acids is 2. The molecule has 3 aromatic carbocycles. The summed E-state index contributed by atoms with van der Waals surface area (Å²) in [4.78, 5) is 24.0. The maximum atomic E-state index is 13.5. The van der Waals surface area contributed by atoms with Gasteiger partial charge < -0.3 is 0 Å². The first kappa shape index (κ1) is 13.6. The van der Waals surface area contributed by atoms with Gasteiger partial charge in [0.25, 0.3) is 11.8 Å². The third-order valence-corrected chi connectivity index (χ3v) is 3.95. The van der Waals surface area contributed by atoms with E-state index in [2.05, 4.69) is 5.32 Å². The van der Waals surface area contributed by atoms with Crippen LogP contribution in [0.15, 0.2) is 48.5 Å². The van der Waals surface area contributed by atoms with E-state index in [0.29, 0.717) is 33.0 Å². The molecule has 1 N–H and O–H groups in total. The maximum Gasteiger partial charge on any atom is 0.258 e. The van der Waals surface area contributed by atoms with E-state index in [1.54, 1.807) is 30.3 Å². The molecular weight excluding hydrogens is 300 g/mol. The summed E-state index contributed by atoms with van der Waals surface area (Å²) < 4.78 is 26.6. The number of hydrogen-bond acceptors (Lipinski definition) is 2. The van der Waals surface area contributed by atoms with Gasteiger partial charge in [-0.2, -0.15) is 0 Å². The van der Waals surface area contributed by atoms with Crippen molar-refractivity contribution in [3.05, 3.63) is 71.3 Å². The average Bonchev–Trinajstić information content (AvgIpc) is 2.54. The molecule has 3 aromatic rings. The van der Waals surface area contributed by atoms with Gasteiger partial charge in [-0.1, -0.05) is 18.2 Å². The standard InChI is InChI=1S/C18H9F2NO2/c19-14-5-4-9(8-15(14)20)11-6-10-2-1-3-12-16(10)13(7-11)18(23)21-17(12)22/h1-8H,(H,21,22,23). The van der Waals surface area contributed by atoms with E-state index >= 15 is 0 Å². The average molecular weight is 309 g/mol. The van der Waals surface area contributed by atoms with Crippen LogP contribution in [-0.2, 0) is 0 Å². The van der Waals surface area contributed by atoms with Crippen LogP contribution in [0.5, 0.6) is 0 Å². The Balaban J connectivity index is 2.03. The fourth-order valence-electron chi connectivity index (χ4n) is 2.88. The van der Waals surface area contributed by atoms with Crippen molar-refractivity contribution in [2.24, 2.45) is 0 Å². The number of hydrogen-bond donors (Lipinski definition) is 1. The molecule has 0 saturated carbocycles. The zero-order valence-electron chi connectivity index (χ0n) is 11.7. The van der Waals surface area contributed by atoms with Crippen LogP contribution in [-0.4, -0.2) is 11.8 Å².